The monoisotopic (exact) mass is 298 g/mol. The molecule has 0 atom stereocenters. The fraction of sp³-hybridized carbons (Fsp3) is 0.217. The molecule has 0 N–H and O–H groups in total. The summed E-state index contributed by atoms with van der Waals surface area (Å²) in [7, 11) is 0. The van der Waals surface area contributed by atoms with Crippen LogP contribution in [0, 0.1) is 0 Å². The Kier molecular flexibility index (Phi) is 3.53. The average molecular weight is 298 g/mol. The zero-order valence-electron chi connectivity index (χ0n) is 13.7. The maximum atomic E-state index is 4.22. The molecule has 2 aliphatic carbocycles. The molecular formula is C23H22. The maximum Gasteiger partial charge on any atom is -0.00138 e. The fourth-order valence-corrected chi connectivity index (χ4v) is 3.79. The van der Waals surface area contributed by atoms with E-state index in [-0.39, 0.29) is 0 Å². The lowest BCUT2D eigenvalue weighted by Crippen LogP contribution is -1.92. The predicted molar refractivity (Wildman–Crippen MR) is 100 cm³/mol. The highest BCUT2D eigenvalue weighted by atomic mass is 14.2. The Hall–Kier alpha value is -2.34. The van der Waals surface area contributed by atoms with Crippen LogP contribution in [-0.4, -0.2) is 0 Å². The minimum atomic E-state index is 1.03. The Morgan fingerprint density at radius 3 is 2.61 bits per heavy atom. The second-order valence-electron chi connectivity index (χ2n) is 6.55. The van der Waals surface area contributed by atoms with Crippen LogP contribution in [0.4, 0.5) is 0 Å². The van der Waals surface area contributed by atoms with Gasteiger partial charge in [0.05, 0.1) is 0 Å². The van der Waals surface area contributed by atoms with Crippen LogP contribution in [0.3, 0.4) is 0 Å². The Labute approximate surface area is 138 Å². The summed E-state index contributed by atoms with van der Waals surface area (Å²) in [6, 6.07) is 15.7. The van der Waals surface area contributed by atoms with E-state index in [4.69, 9.17) is 0 Å². The molecule has 0 amide bonds. The molecule has 0 nitrogen and oxygen atoms in total. The number of benzene rings is 2. The smallest absolute Gasteiger partial charge is 0.00138 e. The summed E-state index contributed by atoms with van der Waals surface area (Å²) < 4.78 is 0. The van der Waals surface area contributed by atoms with Crippen LogP contribution < -0.4 is 0 Å². The van der Waals surface area contributed by atoms with Crippen LogP contribution in [0.25, 0.3) is 16.7 Å². The third-order valence-corrected chi connectivity index (χ3v) is 5.17. The first-order chi connectivity index (χ1) is 11.3. The van der Waals surface area contributed by atoms with E-state index in [1.807, 2.05) is 0 Å². The van der Waals surface area contributed by atoms with Gasteiger partial charge in [0.1, 0.15) is 0 Å². The van der Waals surface area contributed by atoms with Crippen LogP contribution in [0.15, 0.2) is 61.2 Å². The molecule has 114 valence electrons. The first-order valence-corrected chi connectivity index (χ1v) is 8.55. The lowest BCUT2D eigenvalue weighted by molar-refractivity contribution is 1.08. The average Bonchev–Trinajstić information content (AvgIpc) is 3.22. The van der Waals surface area contributed by atoms with Crippen molar-refractivity contribution in [2.24, 2.45) is 0 Å². The molecule has 0 spiro atoms. The highest BCUT2D eigenvalue weighted by Gasteiger charge is 2.18. The summed E-state index contributed by atoms with van der Waals surface area (Å²) in [5.74, 6) is 0. The van der Waals surface area contributed by atoms with Gasteiger partial charge in [-0.25, -0.2) is 0 Å². The van der Waals surface area contributed by atoms with Crippen molar-refractivity contribution in [1.29, 1.82) is 0 Å². The van der Waals surface area contributed by atoms with Crippen molar-refractivity contribution in [3.05, 3.63) is 89.0 Å². The molecule has 23 heavy (non-hydrogen) atoms. The van der Waals surface area contributed by atoms with Gasteiger partial charge in [0, 0.05) is 0 Å². The van der Waals surface area contributed by atoms with Crippen molar-refractivity contribution in [2.45, 2.75) is 32.6 Å². The van der Waals surface area contributed by atoms with E-state index >= 15 is 0 Å². The molecule has 0 saturated carbocycles. The van der Waals surface area contributed by atoms with Crippen molar-refractivity contribution in [2.75, 3.05) is 0 Å². The van der Waals surface area contributed by atoms with E-state index in [1.165, 1.54) is 44.5 Å². The predicted octanol–water partition coefficient (Wildman–Crippen LogP) is 6.08. The Morgan fingerprint density at radius 1 is 0.913 bits per heavy atom. The molecule has 2 aromatic rings. The first kappa shape index (κ1) is 14.3. The van der Waals surface area contributed by atoms with Crippen LogP contribution in [0.5, 0.6) is 0 Å². The molecule has 0 unspecified atom stereocenters. The summed E-state index contributed by atoms with van der Waals surface area (Å²) in [4.78, 5) is 0. The number of fused-ring (bicyclic) bond motifs is 1. The van der Waals surface area contributed by atoms with E-state index < -0.39 is 0 Å². The normalized spacial score (nSPS) is 16.3. The summed E-state index contributed by atoms with van der Waals surface area (Å²) >= 11 is 0. The molecule has 0 fully saturated rings. The SMILES string of the molecule is C=C1CCc2ccc(C3=CC=C(c4ccccc4CC)C3)cc21. The van der Waals surface area contributed by atoms with Gasteiger partial charge >= 0.3 is 0 Å². The van der Waals surface area contributed by atoms with Gasteiger partial charge in [0.2, 0.25) is 0 Å². The number of aryl methyl sites for hydroxylation is 2. The maximum absolute atomic E-state index is 4.22. The zero-order valence-corrected chi connectivity index (χ0v) is 13.7. The summed E-state index contributed by atoms with van der Waals surface area (Å²) in [5.41, 5.74) is 11.2. The van der Waals surface area contributed by atoms with Gasteiger partial charge in [0.25, 0.3) is 0 Å². The quantitative estimate of drug-likeness (QED) is 0.644. The minimum Gasteiger partial charge on any atom is -0.0952 e. The highest BCUT2D eigenvalue weighted by Crippen LogP contribution is 2.38. The van der Waals surface area contributed by atoms with Gasteiger partial charge in [-0.3, -0.25) is 0 Å². The third kappa shape index (κ3) is 2.49. The zero-order chi connectivity index (χ0) is 15.8. The van der Waals surface area contributed by atoms with Crippen molar-refractivity contribution in [3.8, 4) is 0 Å². The largest absolute Gasteiger partial charge is 0.0952 e. The van der Waals surface area contributed by atoms with E-state index in [2.05, 4.69) is 68.1 Å². The van der Waals surface area contributed by atoms with Gasteiger partial charge in [0.15, 0.2) is 0 Å². The summed E-state index contributed by atoms with van der Waals surface area (Å²) in [5, 5.41) is 0. The molecule has 0 heteroatoms. The molecule has 0 saturated heterocycles. The van der Waals surface area contributed by atoms with E-state index in [9.17, 15) is 0 Å². The highest BCUT2D eigenvalue weighted by molar-refractivity contribution is 5.88. The number of rotatable bonds is 3. The lowest BCUT2D eigenvalue weighted by Gasteiger charge is -2.11. The van der Waals surface area contributed by atoms with Gasteiger partial charge in [-0.1, -0.05) is 62.1 Å². The van der Waals surface area contributed by atoms with Crippen LogP contribution >= 0.6 is 0 Å². The van der Waals surface area contributed by atoms with Crippen LogP contribution in [0.1, 0.15) is 47.6 Å². The summed E-state index contributed by atoms with van der Waals surface area (Å²) in [6.45, 7) is 6.45. The third-order valence-electron chi connectivity index (χ3n) is 5.17. The molecule has 0 bridgehead atoms. The van der Waals surface area contributed by atoms with Crippen molar-refractivity contribution in [1.82, 2.24) is 0 Å². The van der Waals surface area contributed by atoms with Gasteiger partial charge in [-0.2, -0.15) is 0 Å². The van der Waals surface area contributed by atoms with Crippen molar-refractivity contribution in [3.63, 3.8) is 0 Å². The molecule has 2 aliphatic rings. The standard InChI is InChI=1S/C23H22/c1-3-17-6-4-5-7-22(17)21-13-12-19(14-21)20-11-10-18-9-8-16(2)23(18)15-20/h4-7,10-13,15H,2-3,8-9,14H2,1H3. The molecule has 0 aliphatic heterocycles. The molecule has 2 aromatic carbocycles. The number of hydrogen-bond acceptors (Lipinski definition) is 0. The number of allylic oxidation sites excluding steroid dienone is 5. The molecule has 0 radical (unpaired) electrons. The summed E-state index contributed by atoms with van der Waals surface area (Å²) in [6.07, 6.45) is 8.98. The van der Waals surface area contributed by atoms with E-state index in [1.54, 1.807) is 0 Å². The minimum absolute atomic E-state index is 1.03. The topological polar surface area (TPSA) is 0 Å². The first-order valence-electron chi connectivity index (χ1n) is 8.55. The second kappa shape index (κ2) is 5.70. The molecular weight excluding hydrogens is 276 g/mol. The van der Waals surface area contributed by atoms with Crippen molar-refractivity contribution >= 4 is 16.7 Å². The fourth-order valence-electron chi connectivity index (χ4n) is 3.79. The molecule has 0 heterocycles. The van der Waals surface area contributed by atoms with Gasteiger partial charge < -0.3 is 0 Å². The Morgan fingerprint density at radius 2 is 1.74 bits per heavy atom. The van der Waals surface area contributed by atoms with Crippen molar-refractivity contribution < 1.29 is 0 Å². The van der Waals surface area contributed by atoms with E-state index in [0.717, 1.165) is 25.7 Å². The van der Waals surface area contributed by atoms with E-state index in [0.29, 0.717) is 0 Å². The van der Waals surface area contributed by atoms with Gasteiger partial charge in [-0.05, 0) is 76.3 Å². The van der Waals surface area contributed by atoms with Crippen LogP contribution in [-0.2, 0) is 12.8 Å². The Balaban J connectivity index is 1.61. The van der Waals surface area contributed by atoms with Gasteiger partial charge in [-0.15, -0.1) is 0 Å². The van der Waals surface area contributed by atoms with Crippen LogP contribution in [0.2, 0.25) is 0 Å². The second-order valence-corrected chi connectivity index (χ2v) is 6.55. The molecule has 4 rings (SSSR count). The number of hydrogen-bond donors (Lipinski definition) is 0. The molecule has 0 aromatic heterocycles. The Bertz CT molecular complexity index is 846. The lowest BCUT2D eigenvalue weighted by atomic mass is 9.93.